The predicted octanol–water partition coefficient (Wildman–Crippen LogP) is 12.3. The Labute approximate surface area is 324 Å². The van der Waals surface area contributed by atoms with E-state index >= 15 is 0 Å². The van der Waals surface area contributed by atoms with E-state index in [1.54, 1.807) is 0 Å². The molecule has 0 saturated carbocycles. The van der Waals surface area contributed by atoms with Gasteiger partial charge in [0.1, 0.15) is 5.60 Å². The van der Waals surface area contributed by atoms with E-state index in [0.29, 0.717) is 12.0 Å². The van der Waals surface area contributed by atoms with Gasteiger partial charge in [-0.1, -0.05) is 115 Å². The van der Waals surface area contributed by atoms with Gasteiger partial charge in [0, 0.05) is 50.6 Å². The lowest BCUT2D eigenvalue weighted by atomic mass is 9.92. The molecule has 0 unspecified atom stereocenters. The highest BCUT2D eigenvalue weighted by atomic mass is 16.6. The summed E-state index contributed by atoms with van der Waals surface area (Å²) in [5.74, 6) is -0.359. The third-order valence-corrected chi connectivity index (χ3v) is 10.6. The van der Waals surface area contributed by atoms with Crippen LogP contribution < -0.4 is 0 Å². The van der Waals surface area contributed by atoms with Crippen molar-refractivity contribution in [2.75, 3.05) is 0 Å². The number of H-pyrrole nitrogens is 2. The summed E-state index contributed by atoms with van der Waals surface area (Å²) < 4.78 is 6.13. The average molecular weight is 727 g/mol. The molecule has 2 N–H and O–H groups in total. The van der Waals surface area contributed by atoms with Gasteiger partial charge in [-0.05, 0) is 90.2 Å². The van der Waals surface area contributed by atoms with E-state index in [4.69, 9.17) is 14.7 Å². The Morgan fingerprint density at radius 2 is 1.04 bits per heavy atom. The zero-order valence-electron chi connectivity index (χ0n) is 31.4. The maximum atomic E-state index is 14.4. The number of esters is 1. The number of carbonyl (C=O) groups excluding carboxylic acids is 1. The molecule has 0 atom stereocenters. The summed E-state index contributed by atoms with van der Waals surface area (Å²) in [6.07, 6.45) is 4.62. The van der Waals surface area contributed by atoms with Crippen LogP contribution in [0.3, 0.4) is 0 Å². The van der Waals surface area contributed by atoms with Crippen LogP contribution in [0.1, 0.15) is 53.8 Å². The Balaban J connectivity index is 1.43. The van der Waals surface area contributed by atoms with Crippen LogP contribution in [-0.4, -0.2) is 31.5 Å². The molecule has 0 radical (unpaired) electrons. The van der Waals surface area contributed by atoms with Gasteiger partial charge in [0.15, 0.2) is 0 Å². The molecule has 6 nitrogen and oxygen atoms in total. The van der Waals surface area contributed by atoms with Gasteiger partial charge in [-0.2, -0.15) is 0 Å². The summed E-state index contributed by atoms with van der Waals surface area (Å²) >= 11 is 0. The standard InChI is InChI=1S/C50H38N4O2/c1-50(2,3)56-49(55)46-33-21-13-14-22-34(33)47-41-28-27-39(53-41)44(31-17-9-5-10-18-31)37-24-23-36(51-37)43(30-15-7-4-8-16-30)38-25-26-40(52-38)45(32-19-11-6-12-20-32)42-29-35(46)48(47)54-42/h4-28,51-52H,29H2,1-3H3. The molecule has 8 bridgehead atoms. The fraction of sp³-hybridized carbons (Fsp3) is 0.100. The number of carbonyl (C=O) groups is 1. The summed E-state index contributed by atoms with van der Waals surface area (Å²) in [5.41, 5.74) is 13.9. The minimum Gasteiger partial charge on any atom is -0.456 e. The lowest BCUT2D eigenvalue weighted by Gasteiger charge is -2.21. The lowest BCUT2D eigenvalue weighted by Crippen LogP contribution is -2.24. The van der Waals surface area contributed by atoms with Gasteiger partial charge in [0.05, 0.1) is 28.2 Å². The first-order valence-corrected chi connectivity index (χ1v) is 19.0. The number of aromatic nitrogens is 4. The van der Waals surface area contributed by atoms with E-state index < -0.39 is 5.60 Å². The summed E-state index contributed by atoms with van der Waals surface area (Å²) in [6, 6.07) is 47.9. The molecule has 270 valence electrons. The number of nitrogens with zero attached hydrogens (tertiary/aromatic N) is 2. The minimum absolute atomic E-state index is 0.359. The van der Waals surface area contributed by atoms with E-state index in [1.807, 2.05) is 57.2 Å². The molecule has 5 heterocycles. The predicted molar refractivity (Wildman–Crippen MR) is 229 cm³/mol. The van der Waals surface area contributed by atoms with Crippen LogP contribution in [0.2, 0.25) is 0 Å². The molecule has 0 spiro atoms. The normalized spacial score (nSPS) is 12.5. The number of fused-ring (bicyclic) bond motifs is 10. The number of rotatable bonds is 4. The van der Waals surface area contributed by atoms with Crippen LogP contribution in [0.25, 0.3) is 89.3 Å². The van der Waals surface area contributed by atoms with Crippen LogP contribution in [0.15, 0.2) is 140 Å². The lowest BCUT2D eigenvalue weighted by molar-refractivity contribution is 0.00710. The molecule has 0 saturated heterocycles. The SMILES string of the molecule is CC(C)(C)OC(=O)c1c2c3nc(c(-c4ccccc4)c4ccc([nH]4)c(-c4ccccc4)c4ccc([nH]4)c(-c4ccccc4)c4nc(c3c3ccccc13)C=C4)C2. The Bertz CT molecular complexity index is 3060. The fourth-order valence-electron chi connectivity index (χ4n) is 8.29. The third-order valence-electron chi connectivity index (χ3n) is 10.6. The number of hydrogen-bond donors (Lipinski definition) is 2. The summed E-state index contributed by atoms with van der Waals surface area (Å²) in [4.78, 5) is 33.0. The van der Waals surface area contributed by atoms with Gasteiger partial charge >= 0.3 is 5.97 Å². The molecule has 5 aromatic carbocycles. The molecule has 0 amide bonds. The molecule has 2 aliphatic rings. The highest BCUT2D eigenvalue weighted by molar-refractivity contribution is 6.20. The maximum absolute atomic E-state index is 14.4. The van der Waals surface area contributed by atoms with Gasteiger partial charge < -0.3 is 14.7 Å². The second-order valence-electron chi connectivity index (χ2n) is 15.4. The van der Waals surface area contributed by atoms with Gasteiger partial charge in [-0.3, -0.25) is 4.98 Å². The van der Waals surface area contributed by atoms with Crippen molar-refractivity contribution in [3.8, 4) is 33.4 Å². The van der Waals surface area contributed by atoms with Crippen LogP contribution >= 0.6 is 0 Å². The summed E-state index contributed by atoms with van der Waals surface area (Å²) in [5, 5.41) is 2.62. The number of nitrogens with one attached hydrogen (secondary N) is 2. The molecule has 56 heavy (non-hydrogen) atoms. The first-order chi connectivity index (χ1) is 27.3. The van der Waals surface area contributed by atoms with E-state index in [-0.39, 0.29) is 5.97 Å². The van der Waals surface area contributed by atoms with Gasteiger partial charge in [0.25, 0.3) is 0 Å². The van der Waals surface area contributed by atoms with Crippen LogP contribution in [0.4, 0.5) is 0 Å². The van der Waals surface area contributed by atoms with Crippen molar-refractivity contribution in [1.29, 1.82) is 0 Å². The molecule has 2 aliphatic heterocycles. The smallest absolute Gasteiger partial charge is 0.339 e. The second-order valence-corrected chi connectivity index (χ2v) is 15.4. The van der Waals surface area contributed by atoms with Crippen molar-refractivity contribution in [2.24, 2.45) is 0 Å². The van der Waals surface area contributed by atoms with Crippen molar-refractivity contribution in [1.82, 2.24) is 19.9 Å². The Hall–Kier alpha value is -7.05. The number of aromatic amines is 2. The van der Waals surface area contributed by atoms with Gasteiger partial charge in [0.2, 0.25) is 0 Å². The van der Waals surface area contributed by atoms with Gasteiger partial charge in [-0.15, -0.1) is 0 Å². The molecule has 0 aliphatic carbocycles. The largest absolute Gasteiger partial charge is 0.456 e. The quantitative estimate of drug-likeness (QED) is 0.177. The first-order valence-electron chi connectivity index (χ1n) is 19.0. The van der Waals surface area contributed by atoms with Crippen LogP contribution in [0, 0.1) is 0 Å². The van der Waals surface area contributed by atoms with Crippen molar-refractivity contribution in [3.63, 3.8) is 0 Å². The molecular formula is C50H38N4O2. The zero-order chi connectivity index (χ0) is 38.0. The number of benzene rings is 5. The average Bonchev–Trinajstić information content (AvgIpc) is 4.04. The topological polar surface area (TPSA) is 83.7 Å². The van der Waals surface area contributed by atoms with Gasteiger partial charge in [-0.25, -0.2) is 9.78 Å². The molecule has 8 aromatic rings. The third kappa shape index (κ3) is 5.69. The fourth-order valence-corrected chi connectivity index (χ4v) is 8.29. The van der Waals surface area contributed by atoms with Crippen molar-refractivity contribution in [2.45, 2.75) is 32.8 Å². The summed E-state index contributed by atoms with van der Waals surface area (Å²) in [7, 11) is 0. The van der Waals surface area contributed by atoms with E-state index in [9.17, 15) is 4.79 Å². The molecule has 3 aromatic heterocycles. The van der Waals surface area contributed by atoms with E-state index in [0.717, 1.165) is 99.8 Å². The van der Waals surface area contributed by atoms with Crippen LogP contribution in [0.5, 0.6) is 0 Å². The monoisotopic (exact) mass is 726 g/mol. The van der Waals surface area contributed by atoms with E-state index in [2.05, 4.69) is 125 Å². The Morgan fingerprint density at radius 3 is 1.62 bits per heavy atom. The minimum atomic E-state index is -0.684. The van der Waals surface area contributed by atoms with Crippen molar-refractivity contribution >= 4 is 61.9 Å². The van der Waals surface area contributed by atoms with E-state index in [1.165, 1.54) is 0 Å². The van der Waals surface area contributed by atoms with Crippen molar-refractivity contribution in [3.05, 3.63) is 168 Å². The summed E-state index contributed by atoms with van der Waals surface area (Å²) in [6.45, 7) is 5.72. The molecule has 0 fully saturated rings. The highest BCUT2D eigenvalue weighted by Crippen LogP contribution is 2.42. The first kappa shape index (κ1) is 33.5. The van der Waals surface area contributed by atoms with Crippen molar-refractivity contribution < 1.29 is 9.53 Å². The number of hydrogen-bond acceptors (Lipinski definition) is 4. The zero-order valence-corrected chi connectivity index (χ0v) is 31.4. The molecule has 10 rings (SSSR count). The second kappa shape index (κ2) is 13.1. The maximum Gasteiger partial charge on any atom is 0.339 e. The molecular weight excluding hydrogens is 689 g/mol. The highest BCUT2D eigenvalue weighted by Gasteiger charge is 2.30. The Morgan fingerprint density at radius 1 is 0.554 bits per heavy atom. The van der Waals surface area contributed by atoms with Crippen LogP contribution in [-0.2, 0) is 11.2 Å². The Kier molecular flexibility index (Phi) is 7.82. The molecule has 6 heteroatoms. The number of ether oxygens (including phenoxy) is 1.